The molecule has 3 N–H and O–H groups in total. The summed E-state index contributed by atoms with van der Waals surface area (Å²) in [6, 6.07) is 7.34. The summed E-state index contributed by atoms with van der Waals surface area (Å²) in [4.78, 5) is 11.9. The summed E-state index contributed by atoms with van der Waals surface area (Å²) in [7, 11) is 0. The maximum absolute atomic E-state index is 11.9. The summed E-state index contributed by atoms with van der Waals surface area (Å²) in [5.74, 6) is 6.38. The number of hydrogen-bond acceptors (Lipinski definition) is 2. The van der Waals surface area contributed by atoms with Gasteiger partial charge in [0.1, 0.15) is 0 Å². The van der Waals surface area contributed by atoms with Gasteiger partial charge in [-0.25, -0.2) is 0 Å². The van der Waals surface area contributed by atoms with Gasteiger partial charge in [0, 0.05) is 17.7 Å². The van der Waals surface area contributed by atoms with Crippen molar-refractivity contribution >= 4 is 5.91 Å². The molecule has 0 unspecified atom stereocenters. The van der Waals surface area contributed by atoms with Crippen molar-refractivity contribution in [1.82, 2.24) is 5.32 Å². The first-order chi connectivity index (χ1) is 8.79. The van der Waals surface area contributed by atoms with E-state index in [4.69, 9.17) is 5.73 Å². The smallest absolute Gasteiger partial charge is 0.251 e. The van der Waals surface area contributed by atoms with Gasteiger partial charge >= 0.3 is 0 Å². The van der Waals surface area contributed by atoms with E-state index in [1.165, 1.54) is 19.3 Å². The third-order valence-corrected chi connectivity index (χ3v) is 3.24. The highest BCUT2D eigenvalue weighted by Gasteiger charge is 2.18. The maximum atomic E-state index is 11.9. The number of rotatable bonds is 3. The summed E-state index contributed by atoms with van der Waals surface area (Å²) in [5.41, 5.74) is 6.82. The van der Waals surface area contributed by atoms with Crippen molar-refractivity contribution in [2.24, 2.45) is 11.7 Å². The number of nitrogens with one attached hydrogen (secondary N) is 1. The molecule has 3 nitrogen and oxygen atoms in total. The van der Waals surface area contributed by atoms with Gasteiger partial charge in [-0.3, -0.25) is 4.79 Å². The van der Waals surface area contributed by atoms with Gasteiger partial charge < -0.3 is 11.1 Å². The number of carbonyl (C=O) groups excluding carboxylic acids is 1. The minimum Gasteiger partial charge on any atom is -0.352 e. The molecule has 0 saturated heterocycles. The number of nitrogens with two attached hydrogens (primary N) is 1. The van der Waals surface area contributed by atoms with Crippen molar-refractivity contribution < 1.29 is 4.79 Å². The Morgan fingerprint density at radius 2 is 2.28 bits per heavy atom. The van der Waals surface area contributed by atoms with Crippen molar-refractivity contribution in [1.29, 1.82) is 0 Å². The second kappa shape index (κ2) is 6.23. The van der Waals surface area contributed by atoms with Crippen LogP contribution in [-0.4, -0.2) is 19.0 Å². The van der Waals surface area contributed by atoms with Crippen molar-refractivity contribution in [3.8, 4) is 11.8 Å². The minimum atomic E-state index is -0.0155. The molecule has 1 saturated carbocycles. The molecule has 1 fully saturated rings. The number of hydrogen-bond donors (Lipinski definition) is 2. The Bertz CT molecular complexity index is 481. The first-order valence-electron chi connectivity index (χ1n) is 6.37. The molecule has 0 spiro atoms. The van der Waals surface area contributed by atoms with E-state index in [-0.39, 0.29) is 5.91 Å². The molecule has 0 heterocycles. The molecule has 3 heteroatoms. The molecule has 0 aromatic heterocycles. The van der Waals surface area contributed by atoms with Crippen LogP contribution < -0.4 is 11.1 Å². The van der Waals surface area contributed by atoms with Crippen LogP contribution in [0.5, 0.6) is 0 Å². The first-order valence-corrected chi connectivity index (χ1v) is 6.37. The molecule has 0 aliphatic heterocycles. The van der Waals surface area contributed by atoms with Crippen LogP contribution in [0.2, 0.25) is 0 Å². The average Bonchev–Trinajstić information content (AvgIpc) is 2.34. The lowest BCUT2D eigenvalue weighted by Gasteiger charge is -2.25. The van der Waals surface area contributed by atoms with Crippen molar-refractivity contribution in [2.45, 2.75) is 19.3 Å². The van der Waals surface area contributed by atoms with Gasteiger partial charge in [0.2, 0.25) is 0 Å². The molecule has 0 atom stereocenters. The molecule has 0 bridgehead atoms. The van der Waals surface area contributed by atoms with Gasteiger partial charge in [-0.1, -0.05) is 24.3 Å². The van der Waals surface area contributed by atoms with Crippen LogP contribution in [0, 0.1) is 17.8 Å². The van der Waals surface area contributed by atoms with Gasteiger partial charge in [-0.15, -0.1) is 0 Å². The summed E-state index contributed by atoms with van der Waals surface area (Å²) in [6.45, 7) is 1.12. The predicted molar refractivity (Wildman–Crippen MR) is 72.0 cm³/mol. The average molecular weight is 242 g/mol. The molecule has 1 aliphatic rings. The second-order valence-corrected chi connectivity index (χ2v) is 4.59. The zero-order valence-electron chi connectivity index (χ0n) is 10.4. The van der Waals surface area contributed by atoms with Crippen LogP contribution in [0.15, 0.2) is 24.3 Å². The summed E-state index contributed by atoms with van der Waals surface area (Å²) < 4.78 is 0. The zero-order chi connectivity index (χ0) is 12.8. The summed E-state index contributed by atoms with van der Waals surface area (Å²) in [6.07, 6.45) is 3.77. The van der Waals surface area contributed by atoms with Gasteiger partial charge in [0.05, 0.1) is 6.54 Å². The van der Waals surface area contributed by atoms with Crippen molar-refractivity contribution in [3.05, 3.63) is 35.4 Å². The Morgan fingerprint density at radius 3 is 2.94 bits per heavy atom. The fourth-order valence-electron chi connectivity index (χ4n) is 1.93. The lowest BCUT2D eigenvalue weighted by molar-refractivity contribution is 0.0939. The SMILES string of the molecule is NCC#Cc1cccc(C(=O)NCC2CCC2)c1. The highest BCUT2D eigenvalue weighted by Crippen LogP contribution is 2.25. The summed E-state index contributed by atoms with van der Waals surface area (Å²) in [5, 5.41) is 2.97. The fraction of sp³-hybridized carbons (Fsp3) is 0.400. The van der Waals surface area contributed by atoms with Crippen molar-refractivity contribution in [2.75, 3.05) is 13.1 Å². The number of amides is 1. The van der Waals surface area contributed by atoms with E-state index in [9.17, 15) is 4.79 Å². The molecule has 94 valence electrons. The number of benzene rings is 1. The van der Waals surface area contributed by atoms with Gasteiger partial charge in [0.15, 0.2) is 0 Å². The van der Waals surface area contributed by atoms with Crippen LogP contribution in [0.25, 0.3) is 0 Å². The van der Waals surface area contributed by atoms with Crippen LogP contribution in [0.3, 0.4) is 0 Å². The minimum absolute atomic E-state index is 0.0155. The van der Waals surface area contributed by atoms with E-state index in [1.807, 2.05) is 18.2 Å². The molecular weight excluding hydrogens is 224 g/mol. The third kappa shape index (κ3) is 3.35. The van der Waals surface area contributed by atoms with Crippen LogP contribution >= 0.6 is 0 Å². The molecule has 1 amide bonds. The van der Waals surface area contributed by atoms with E-state index < -0.39 is 0 Å². The van der Waals surface area contributed by atoms with Gasteiger partial charge in [0.25, 0.3) is 5.91 Å². The Morgan fingerprint density at radius 1 is 1.44 bits per heavy atom. The Labute approximate surface area is 108 Å². The monoisotopic (exact) mass is 242 g/mol. The van der Waals surface area contributed by atoms with Crippen molar-refractivity contribution in [3.63, 3.8) is 0 Å². The lowest BCUT2D eigenvalue weighted by Crippen LogP contribution is -2.32. The molecule has 1 aliphatic carbocycles. The largest absolute Gasteiger partial charge is 0.352 e. The Hall–Kier alpha value is -1.79. The highest BCUT2D eigenvalue weighted by atomic mass is 16.1. The molecule has 18 heavy (non-hydrogen) atoms. The predicted octanol–water partition coefficient (Wildman–Crippen LogP) is 1.53. The second-order valence-electron chi connectivity index (χ2n) is 4.59. The maximum Gasteiger partial charge on any atom is 0.251 e. The Balaban J connectivity index is 1.95. The Kier molecular flexibility index (Phi) is 4.38. The normalized spacial score (nSPS) is 14.3. The highest BCUT2D eigenvalue weighted by molar-refractivity contribution is 5.94. The molecule has 0 radical (unpaired) electrons. The summed E-state index contributed by atoms with van der Waals surface area (Å²) >= 11 is 0. The standard InChI is InChI=1S/C15H18N2O/c16-9-3-7-12-4-2-8-14(10-12)15(18)17-11-13-5-1-6-13/h2,4,8,10,13H,1,5-6,9,11,16H2,(H,17,18). The van der Waals surface area contributed by atoms with Crippen LogP contribution in [0.4, 0.5) is 0 Å². The molecular formula is C15H18N2O. The van der Waals surface area contributed by atoms with Crippen LogP contribution in [-0.2, 0) is 0 Å². The van der Waals surface area contributed by atoms with E-state index in [2.05, 4.69) is 17.2 Å². The van der Waals surface area contributed by atoms with E-state index in [0.29, 0.717) is 18.0 Å². The fourth-order valence-corrected chi connectivity index (χ4v) is 1.93. The van der Waals surface area contributed by atoms with Gasteiger partial charge in [-0.05, 0) is 37.0 Å². The van der Waals surface area contributed by atoms with E-state index >= 15 is 0 Å². The molecule has 1 aromatic carbocycles. The van der Waals surface area contributed by atoms with E-state index in [1.54, 1.807) is 6.07 Å². The van der Waals surface area contributed by atoms with E-state index in [0.717, 1.165) is 12.1 Å². The zero-order valence-corrected chi connectivity index (χ0v) is 10.4. The first kappa shape index (κ1) is 12.7. The van der Waals surface area contributed by atoms with Crippen LogP contribution in [0.1, 0.15) is 35.2 Å². The third-order valence-electron chi connectivity index (χ3n) is 3.24. The number of carbonyl (C=O) groups is 1. The quantitative estimate of drug-likeness (QED) is 0.790. The van der Waals surface area contributed by atoms with Gasteiger partial charge in [-0.2, -0.15) is 0 Å². The lowest BCUT2D eigenvalue weighted by atomic mass is 9.85. The molecule has 1 aromatic rings. The topological polar surface area (TPSA) is 55.1 Å². The molecule has 2 rings (SSSR count).